The van der Waals surface area contributed by atoms with Crippen LogP contribution < -0.4 is 5.32 Å². The number of fused-ring (bicyclic) bond motifs is 1. The molecule has 0 radical (unpaired) electrons. The van der Waals surface area contributed by atoms with Crippen molar-refractivity contribution in [3.05, 3.63) is 0 Å². The van der Waals surface area contributed by atoms with E-state index in [4.69, 9.17) is 4.74 Å². The number of hydrogen-bond acceptors (Lipinski definition) is 7. The number of aliphatic hydroxyl groups is 3. The van der Waals surface area contributed by atoms with Crippen molar-refractivity contribution in [3.8, 4) is 0 Å². The topological polar surface area (TPSA) is 94.3 Å². The molecule has 0 amide bonds. The molecule has 1 saturated heterocycles. The molecular weight excluding hydrogens is 280 g/mol. The summed E-state index contributed by atoms with van der Waals surface area (Å²) in [5.74, 6) is 0.861. The van der Waals surface area contributed by atoms with Crippen molar-refractivity contribution in [2.24, 2.45) is 10.9 Å². The third kappa shape index (κ3) is 2.96. The lowest BCUT2D eigenvalue weighted by Crippen LogP contribution is -2.57. The third-order valence-electron chi connectivity index (χ3n) is 4.10. The zero-order chi connectivity index (χ0) is 14.3. The molecule has 2 aliphatic heterocycles. The first-order valence-electron chi connectivity index (χ1n) is 7.24. The summed E-state index contributed by atoms with van der Waals surface area (Å²) < 4.78 is 5.67. The largest absolute Gasteiger partial charge is 0.391 e. The number of thioether (sulfide) groups is 1. The molecule has 20 heavy (non-hydrogen) atoms. The van der Waals surface area contributed by atoms with E-state index in [9.17, 15) is 15.3 Å². The molecule has 2 fully saturated rings. The smallest absolute Gasteiger partial charge is 0.159 e. The highest BCUT2D eigenvalue weighted by Gasteiger charge is 2.49. The van der Waals surface area contributed by atoms with Crippen molar-refractivity contribution < 1.29 is 20.1 Å². The maximum atomic E-state index is 10.1. The van der Waals surface area contributed by atoms with Crippen molar-refractivity contribution in [1.29, 1.82) is 0 Å². The molecular formula is C13H22N2O4S. The number of nitrogens with zero attached hydrogens (tertiary/aromatic N) is 1. The van der Waals surface area contributed by atoms with Crippen LogP contribution in [0.1, 0.15) is 26.2 Å². The third-order valence-corrected chi connectivity index (χ3v) is 5.20. The van der Waals surface area contributed by atoms with E-state index in [0.29, 0.717) is 0 Å². The number of hydrogen-bond donors (Lipinski definition) is 4. The lowest BCUT2D eigenvalue weighted by atomic mass is 9.95. The van der Waals surface area contributed by atoms with Crippen LogP contribution in [0.3, 0.4) is 0 Å². The minimum Gasteiger partial charge on any atom is -0.391 e. The van der Waals surface area contributed by atoms with Gasteiger partial charge in [-0.1, -0.05) is 24.6 Å². The Labute approximate surface area is 122 Å². The van der Waals surface area contributed by atoms with Gasteiger partial charge < -0.3 is 25.4 Å². The van der Waals surface area contributed by atoms with Gasteiger partial charge in [0.2, 0.25) is 0 Å². The molecule has 0 unspecified atom stereocenters. The predicted octanol–water partition coefficient (Wildman–Crippen LogP) is -0.325. The van der Waals surface area contributed by atoms with E-state index in [-0.39, 0.29) is 5.44 Å². The molecule has 4 N–H and O–H groups in total. The average Bonchev–Trinajstić information content (AvgIpc) is 3.12. The molecule has 0 bridgehead atoms. The van der Waals surface area contributed by atoms with Gasteiger partial charge in [0.05, 0.1) is 6.10 Å². The van der Waals surface area contributed by atoms with Crippen LogP contribution in [0.2, 0.25) is 0 Å². The van der Waals surface area contributed by atoms with Crippen LogP contribution in [0, 0.1) is 5.92 Å². The van der Waals surface area contributed by atoms with Gasteiger partial charge in [0.15, 0.2) is 5.17 Å². The summed E-state index contributed by atoms with van der Waals surface area (Å²) in [6, 6.07) is -0.464. The zero-order valence-corrected chi connectivity index (χ0v) is 12.3. The molecule has 0 aromatic carbocycles. The second-order valence-electron chi connectivity index (χ2n) is 5.89. The van der Waals surface area contributed by atoms with Gasteiger partial charge in [-0.3, -0.25) is 4.99 Å². The molecule has 0 aromatic rings. The molecule has 3 rings (SSSR count). The first-order valence-corrected chi connectivity index (χ1v) is 8.12. The lowest BCUT2D eigenvalue weighted by molar-refractivity contribution is -0.181. The molecule has 3 aliphatic rings. The average molecular weight is 302 g/mol. The minimum atomic E-state index is -1.11. The van der Waals surface area contributed by atoms with Crippen LogP contribution in [0.15, 0.2) is 4.99 Å². The summed E-state index contributed by atoms with van der Waals surface area (Å²) in [7, 11) is 0. The second kappa shape index (κ2) is 5.81. The highest BCUT2D eigenvalue weighted by Crippen LogP contribution is 2.37. The maximum Gasteiger partial charge on any atom is 0.159 e. The highest BCUT2D eigenvalue weighted by molar-refractivity contribution is 8.14. The van der Waals surface area contributed by atoms with Crippen LogP contribution >= 0.6 is 11.8 Å². The second-order valence-corrected chi connectivity index (χ2v) is 6.98. The minimum absolute atomic E-state index is 0.337. The van der Waals surface area contributed by atoms with Crippen LogP contribution in [-0.4, -0.2) is 62.9 Å². The summed E-state index contributed by atoms with van der Waals surface area (Å²) in [5, 5.41) is 33.7. The van der Waals surface area contributed by atoms with E-state index in [2.05, 4.69) is 10.3 Å². The zero-order valence-electron chi connectivity index (χ0n) is 11.5. The van der Waals surface area contributed by atoms with E-state index >= 15 is 0 Å². The van der Waals surface area contributed by atoms with Gasteiger partial charge in [-0.15, -0.1) is 0 Å². The molecule has 0 spiro atoms. The molecule has 6 nitrogen and oxygen atoms in total. The molecule has 6 atom stereocenters. The Hall–Kier alpha value is -0.340. The quantitative estimate of drug-likeness (QED) is 0.568. The summed E-state index contributed by atoms with van der Waals surface area (Å²) in [6.07, 6.45) is 0.118. The van der Waals surface area contributed by atoms with E-state index < -0.39 is 30.5 Å². The Kier molecular flexibility index (Phi) is 4.24. The molecule has 1 saturated carbocycles. The van der Waals surface area contributed by atoms with E-state index in [1.165, 1.54) is 24.6 Å². The van der Waals surface area contributed by atoms with Crippen molar-refractivity contribution in [3.63, 3.8) is 0 Å². The van der Waals surface area contributed by atoms with Crippen LogP contribution in [0.5, 0.6) is 0 Å². The standard InChI is InChI=1S/C13H22N2O4S/c1-6(16)11-10(18)9(17)8-12(19-11)20-13(15-8)14-5-4-7-2-3-7/h6-12,16-18H,2-5H2,1H3,(H,14,15)/t6-,8+,9+,10-,11+,12+/m0/s1. The van der Waals surface area contributed by atoms with E-state index in [0.717, 1.165) is 24.1 Å². The summed E-state index contributed by atoms with van der Waals surface area (Å²) in [4.78, 5) is 4.40. The predicted molar refractivity (Wildman–Crippen MR) is 76.5 cm³/mol. The number of amidine groups is 1. The molecule has 0 aromatic heterocycles. The Morgan fingerprint density at radius 1 is 1.40 bits per heavy atom. The van der Waals surface area contributed by atoms with Gasteiger partial charge in [-0.25, -0.2) is 0 Å². The first-order chi connectivity index (χ1) is 9.56. The van der Waals surface area contributed by atoms with Crippen LogP contribution in [-0.2, 0) is 4.74 Å². The van der Waals surface area contributed by atoms with Gasteiger partial charge >= 0.3 is 0 Å². The normalized spacial score (nSPS) is 42.0. The number of ether oxygens (including phenoxy) is 1. The number of aliphatic hydroxyl groups excluding tert-OH is 3. The van der Waals surface area contributed by atoms with Gasteiger partial charge in [0.25, 0.3) is 0 Å². The number of nitrogens with one attached hydrogen (secondary N) is 1. The summed E-state index contributed by atoms with van der Waals surface area (Å²) >= 11 is 1.43. The SMILES string of the molecule is C[C@H](O)[C@H]1O[C@@H]2SC(NCCC3CC3)=N[C@@H]2[C@@H](O)[C@@H]1O. The van der Waals surface area contributed by atoms with Crippen molar-refractivity contribution in [2.75, 3.05) is 6.54 Å². The number of rotatable bonds is 4. The monoisotopic (exact) mass is 302 g/mol. The van der Waals surface area contributed by atoms with Crippen molar-refractivity contribution in [1.82, 2.24) is 5.32 Å². The Balaban J connectivity index is 1.57. The lowest BCUT2D eigenvalue weighted by Gasteiger charge is -2.39. The molecule has 114 valence electrons. The Morgan fingerprint density at radius 2 is 2.15 bits per heavy atom. The van der Waals surface area contributed by atoms with Crippen LogP contribution in [0.4, 0.5) is 0 Å². The van der Waals surface area contributed by atoms with E-state index in [1.807, 2.05) is 0 Å². The van der Waals surface area contributed by atoms with Crippen molar-refractivity contribution in [2.45, 2.75) is 62.1 Å². The summed E-state index contributed by atoms with van der Waals surface area (Å²) in [6.45, 7) is 2.44. The first kappa shape index (κ1) is 14.6. The van der Waals surface area contributed by atoms with Crippen molar-refractivity contribution >= 4 is 16.9 Å². The molecule has 2 heterocycles. The van der Waals surface area contributed by atoms with Crippen LogP contribution in [0.25, 0.3) is 0 Å². The molecule has 1 aliphatic carbocycles. The maximum absolute atomic E-state index is 10.1. The Morgan fingerprint density at radius 3 is 2.80 bits per heavy atom. The highest BCUT2D eigenvalue weighted by atomic mass is 32.2. The Bertz CT molecular complexity index is 389. The van der Waals surface area contributed by atoms with Gasteiger partial charge in [0.1, 0.15) is 29.8 Å². The van der Waals surface area contributed by atoms with E-state index in [1.54, 1.807) is 6.92 Å². The van der Waals surface area contributed by atoms with Gasteiger partial charge in [0, 0.05) is 6.54 Å². The molecule has 7 heteroatoms. The summed E-state index contributed by atoms with van der Waals surface area (Å²) in [5.41, 5.74) is -0.337. The van der Waals surface area contributed by atoms with Gasteiger partial charge in [-0.2, -0.15) is 0 Å². The fourth-order valence-electron chi connectivity index (χ4n) is 2.66. The number of aliphatic imine (C=N–C) groups is 1. The fourth-order valence-corrected chi connectivity index (χ4v) is 3.79. The van der Waals surface area contributed by atoms with Gasteiger partial charge in [-0.05, 0) is 19.3 Å². The fraction of sp³-hybridized carbons (Fsp3) is 0.923.